The largest absolute Gasteiger partial charge is 0.508 e. The maximum absolute atomic E-state index is 8.92. The summed E-state index contributed by atoms with van der Waals surface area (Å²) in [5.41, 5.74) is 0.924. The smallest absolute Gasteiger partial charge is 0.154 e. The van der Waals surface area contributed by atoms with Gasteiger partial charge in [-0.3, -0.25) is 0 Å². The Morgan fingerprint density at radius 3 is 1.59 bits per heavy atom. The van der Waals surface area contributed by atoms with E-state index in [1.807, 2.05) is 25.1 Å². The van der Waals surface area contributed by atoms with E-state index in [0.717, 1.165) is 5.56 Å². The molecule has 0 heterocycles. The van der Waals surface area contributed by atoms with E-state index in [2.05, 4.69) is 11.7 Å². The van der Waals surface area contributed by atoms with E-state index < -0.39 is 10.1 Å². The second-order valence-electron chi connectivity index (χ2n) is 2.36. The number of rotatable bonds is 0. The van der Waals surface area contributed by atoms with Crippen molar-refractivity contribution in [1.82, 2.24) is 6.15 Å². The molecule has 0 amide bonds. The molecule has 0 spiro atoms. The minimum atomic E-state index is -1.00. The van der Waals surface area contributed by atoms with Crippen molar-refractivity contribution in [3.05, 3.63) is 50.1 Å². The summed E-state index contributed by atoms with van der Waals surface area (Å²) in [4.78, 5) is 17.2. The van der Waals surface area contributed by atoms with Crippen molar-refractivity contribution >= 4 is 0 Å². The molecule has 1 aromatic carbocycles. The van der Waals surface area contributed by atoms with Gasteiger partial charge in [0.2, 0.25) is 0 Å². The lowest BCUT2D eigenvalue weighted by atomic mass is 10.2. The highest BCUT2D eigenvalue weighted by Gasteiger charge is 1.86. The second-order valence-corrected chi connectivity index (χ2v) is 2.36. The molecule has 98 valence electrons. The molecule has 8 N–H and O–H groups in total. The van der Waals surface area contributed by atoms with E-state index in [1.54, 1.807) is 6.07 Å². The normalized spacial score (nSPS) is 7.12. The first kappa shape index (κ1) is 19.9. The molecule has 0 atom stereocenters. The highest BCUT2D eigenvalue weighted by atomic mass is 16.7. The van der Waals surface area contributed by atoms with Gasteiger partial charge in [0, 0.05) is 0 Å². The summed E-state index contributed by atoms with van der Waals surface area (Å²) >= 11 is 0. The highest BCUT2D eigenvalue weighted by molar-refractivity contribution is 5.29. The Morgan fingerprint density at radius 2 is 1.41 bits per heavy atom. The summed E-state index contributed by atoms with van der Waals surface area (Å²) in [6, 6.07) is 7.25. The number of phenols is 1. The van der Waals surface area contributed by atoms with E-state index in [9.17, 15) is 0 Å². The Balaban J connectivity index is -0.000000189. The zero-order valence-electron chi connectivity index (χ0n) is 9.15. The number of nitro groups is 2. The standard InChI is InChI=1S/C7H8O.2H2N2O2.H3N/c1-6-4-2-3-5-7(6)8;2*1-2(3)4;/h2-5,8H,1H3;2*1H2;1H3. The number of hydrogen-bond acceptors (Lipinski definition) is 6. The van der Waals surface area contributed by atoms with Crippen molar-refractivity contribution < 1.29 is 15.2 Å². The Kier molecular flexibility index (Phi) is 13.4. The van der Waals surface area contributed by atoms with Gasteiger partial charge in [0.25, 0.3) is 0 Å². The maximum atomic E-state index is 8.92. The van der Waals surface area contributed by atoms with Gasteiger partial charge in [0.05, 0.1) is 0 Å². The first-order valence-corrected chi connectivity index (χ1v) is 3.80. The summed E-state index contributed by atoms with van der Waals surface area (Å²) in [7, 11) is 0. The van der Waals surface area contributed by atoms with E-state index in [4.69, 9.17) is 25.3 Å². The van der Waals surface area contributed by atoms with Crippen LogP contribution in [0.15, 0.2) is 24.3 Å². The Hall–Kier alpha value is -2.62. The van der Waals surface area contributed by atoms with Crippen LogP contribution in [0.2, 0.25) is 0 Å². The molecule has 0 aliphatic carbocycles. The molecule has 0 saturated heterocycles. The van der Waals surface area contributed by atoms with Gasteiger partial charge in [-0.15, -0.1) is 0 Å². The summed E-state index contributed by atoms with van der Waals surface area (Å²) in [6.45, 7) is 1.87. The fourth-order valence-corrected chi connectivity index (χ4v) is 0.563. The fourth-order valence-electron chi connectivity index (χ4n) is 0.563. The molecule has 0 unspecified atom stereocenters. The van der Waals surface area contributed by atoms with E-state index in [0.29, 0.717) is 5.75 Å². The van der Waals surface area contributed by atoms with Crippen LogP contribution in [0, 0.1) is 27.2 Å². The van der Waals surface area contributed by atoms with Crippen LogP contribution in [-0.4, -0.2) is 15.2 Å². The maximum Gasteiger partial charge on any atom is 0.154 e. The van der Waals surface area contributed by atoms with Gasteiger partial charge >= 0.3 is 0 Å². The zero-order chi connectivity index (χ0) is 13.1. The first-order chi connectivity index (χ1) is 7.27. The number of nitrogens with two attached hydrogens (primary N) is 2. The number of aryl methyl sites for hydroxylation is 1. The van der Waals surface area contributed by atoms with E-state index in [-0.39, 0.29) is 6.15 Å². The number of phenolic OH excluding ortho intramolecular Hbond substituents is 1. The topological polar surface area (TPSA) is 194 Å². The molecule has 0 saturated carbocycles. The van der Waals surface area contributed by atoms with Crippen LogP contribution in [0.25, 0.3) is 0 Å². The van der Waals surface area contributed by atoms with Crippen molar-refractivity contribution in [3.8, 4) is 5.75 Å². The van der Waals surface area contributed by atoms with Gasteiger partial charge < -0.3 is 11.3 Å². The monoisotopic (exact) mass is 249 g/mol. The Bertz CT molecular complexity index is 304. The van der Waals surface area contributed by atoms with Crippen LogP contribution in [0.1, 0.15) is 5.56 Å². The van der Waals surface area contributed by atoms with Crippen LogP contribution in [0.5, 0.6) is 5.75 Å². The molecule has 0 bridgehead atoms. The van der Waals surface area contributed by atoms with E-state index in [1.165, 1.54) is 0 Å². The van der Waals surface area contributed by atoms with Gasteiger partial charge in [0.15, 0.2) is 10.1 Å². The van der Waals surface area contributed by atoms with Crippen molar-refractivity contribution in [1.29, 1.82) is 0 Å². The molecule has 0 radical (unpaired) electrons. The van der Waals surface area contributed by atoms with Crippen molar-refractivity contribution in [3.63, 3.8) is 0 Å². The predicted octanol–water partition coefficient (Wildman–Crippen LogP) is 0.136. The molecular weight excluding hydrogens is 234 g/mol. The van der Waals surface area contributed by atoms with Crippen molar-refractivity contribution in [2.24, 2.45) is 11.7 Å². The molecule has 0 aliphatic heterocycles. The summed E-state index contributed by atoms with van der Waals surface area (Å²) < 4.78 is 0. The third kappa shape index (κ3) is 24.7. The number of hydrazine groups is 2. The van der Waals surface area contributed by atoms with Crippen LogP contribution in [-0.2, 0) is 0 Å². The third-order valence-corrected chi connectivity index (χ3v) is 1.12. The van der Waals surface area contributed by atoms with Crippen molar-refractivity contribution in [2.75, 3.05) is 0 Å². The average molecular weight is 249 g/mol. The van der Waals surface area contributed by atoms with Crippen LogP contribution < -0.4 is 17.8 Å². The summed E-state index contributed by atoms with van der Waals surface area (Å²) in [6.07, 6.45) is 0. The van der Waals surface area contributed by atoms with Gasteiger partial charge in [-0.1, -0.05) is 18.2 Å². The number of benzene rings is 1. The lowest BCUT2D eigenvalue weighted by Crippen LogP contribution is -2.04. The predicted molar refractivity (Wildman–Crippen MR) is 60.2 cm³/mol. The number of para-hydroxylation sites is 1. The van der Waals surface area contributed by atoms with Crippen LogP contribution in [0.3, 0.4) is 0 Å². The molecular formula is C7H15N5O5. The molecule has 10 nitrogen and oxygen atoms in total. The lowest BCUT2D eigenvalue weighted by Gasteiger charge is -1.92. The molecule has 0 aromatic heterocycles. The molecule has 0 fully saturated rings. The van der Waals surface area contributed by atoms with Crippen LogP contribution in [0.4, 0.5) is 0 Å². The molecule has 17 heavy (non-hydrogen) atoms. The number of nitrogens with zero attached hydrogens (tertiary/aromatic N) is 2. The van der Waals surface area contributed by atoms with Crippen molar-refractivity contribution in [2.45, 2.75) is 6.92 Å². The van der Waals surface area contributed by atoms with E-state index >= 15 is 0 Å². The second kappa shape index (κ2) is 11.5. The minimum Gasteiger partial charge on any atom is -0.508 e. The lowest BCUT2D eigenvalue weighted by molar-refractivity contribution is -0.491. The average Bonchev–Trinajstić information content (AvgIpc) is 2.08. The number of aromatic hydroxyl groups is 1. The molecule has 1 aromatic rings. The van der Waals surface area contributed by atoms with Gasteiger partial charge in [-0.25, -0.2) is 20.2 Å². The third-order valence-electron chi connectivity index (χ3n) is 1.12. The number of hydrogen-bond donors (Lipinski definition) is 4. The highest BCUT2D eigenvalue weighted by Crippen LogP contribution is 2.12. The molecule has 0 aliphatic rings. The summed E-state index contributed by atoms with van der Waals surface area (Å²) in [5.74, 6) is 8.03. The summed E-state index contributed by atoms with van der Waals surface area (Å²) in [5, 5.41) is 24.1. The zero-order valence-corrected chi connectivity index (χ0v) is 9.15. The first-order valence-electron chi connectivity index (χ1n) is 3.80. The van der Waals surface area contributed by atoms with Gasteiger partial charge in [0.1, 0.15) is 5.75 Å². The fraction of sp³-hybridized carbons (Fsp3) is 0.143. The molecule has 10 heteroatoms. The SMILES string of the molecule is Cc1ccccc1O.N.N[N+](=O)[O-].N[N+](=O)[O-]. The minimum absolute atomic E-state index is 0. The Morgan fingerprint density at radius 1 is 1.12 bits per heavy atom. The van der Waals surface area contributed by atoms with Gasteiger partial charge in [-0.2, -0.15) is 11.7 Å². The van der Waals surface area contributed by atoms with Gasteiger partial charge in [-0.05, 0) is 18.6 Å². The van der Waals surface area contributed by atoms with Crippen LogP contribution >= 0.6 is 0 Å². The molecule has 1 rings (SSSR count). The Labute approximate surface area is 96.7 Å². The quantitative estimate of drug-likeness (QED) is 0.283.